The second-order valence-corrected chi connectivity index (χ2v) is 8.97. The molecule has 0 unspecified atom stereocenters. The third-order valence-electron chi connectivity index (χ3n) is 6.52. The normalized spacial score (nSPS) is 21.1. The van der Waals surface area contributed by atoms with Crippen molar-refractivity contribution in [2.45, 2.75) is 72.0 Å². The van der Waals surface area contributed by atoms with Crippen LogP contribution in [0, 0.1) is 19.8 Å². The topological polar surface area (TPSA) is 68.9 Å². The maximum Gasteiger partial charge on any atom is 0.208 e. The third kappa shape index (κ3) is 6.44. The number of guanidine groups is 1. The first kappa shape index (κ1) is 22.1. The summed E-state index contributed by atoms with van der Waals surface area (Å²) >= 11 is 0. The molecule has 0 radical (unpaired) electrons. The Morgan fingerprint density at radius 3 is 2.38 bits per heavy atom. The van der Waals surface area contributed by atoms with E-state index in [0.29, 0.717) is 18.0 Å². The highest BCUT2D eigenvalue weighted by Gasteiger charge is 2.23. The number of rotatable bonds is 6. The first-order valence-corrected chi connectivity index (χ1v) is 11.3. The summed E-state index contributed by atoms with van der Waals surface area (Å²) in [5.74, 6) is 3.44. The summed E-state index contributed by atoms with van der Waals surface area (Å²) < 4.78 is 5.74. The minimum absolute atomic E-state index is 0.533. The van der Waals surface area contributed by atoms with Crippen molar-refractivity contribution >= 4 is 5.96 Å². The molecule has 0 spiro atoms. The number of aromatic nitrogens is 1. The lowest BCUT2D eigenvalue weighted by Crippen LogP contribution is -2.50. The van der Waals surface area contributed by atoms with E-state index in [9.17, 15) is 0 Å². The minimum Gasteiger partial charge on any atom is -0.444 e. The quantitative estimate of drug-likeness (QED) is 0.561. The van der Waals surface area contributed by atoms with E-state index < -0.39 is 0 Å². The number of nitrogens with one attached hydrogen (secondary N) is 2. The summed E-state index contributed by atoms with van der Waals surface area (Å²) in [4.78, 5) is 14.0. The number of likely N-dealkylation sites (tertiary alicyclic amines) is 2. The third-order valence-corrected chi connectivity index (χ3v) is 6.52. The van der Waals surface area contributed by atoms with Gasteiger partial charge in [0.15, 0.2) is 5.96 Å². The van der Waals surface area contributed by atoms with Gasteiger partial charge in [-0.05, 0) is 72.4 Å². The number of oxazole rings is 1. The minimum atomic E-state index is 0.533. The van der Waals surface area contributed by atoms with Crippen LogP contribution < -0.4 is 10.6 Å². The number of aliphatic imine (C=N–C) groups is 1. The predicted molar refractivity (Wildman–Crippen MR) is 118 cm³/mol. The molecule has 2 aliphatic heterocycles. The second-order valence-electron chi connectivity index (χ2n) is 8.97. The van der Waals surface area contributed by atoms with Crippen molar-refractivity contribution in [2.24, 2.45) is 10.9 Å². The molecular weight excluding hydrogens is 364 g/mol. The number of aryl methyl sites for hydroxylation is 2. The Morgan fingerprint density at radius 1 is 1.14 bits per heavy atom. The molecule has 3 rings (SSSR count). The molecule has 0 atom stereocenters. The Hall–Kier alpha value is -1.60. The zero-order valence-electron chi connectivity index (χ0n) is 19.0. The second kappa shape index (κ2) is 10.4. The van der Waals surface area contributed by atoms with E-state index in [1.54, 1.807) is 0 Å². The molecule has 0 aliphatic carbocycles. The molecular formula is C22H40N6O. The van der Waals surface area contributed by atoms with Crippen LogP contribution in [0.2, 0.25) is 0 Å². The molecule has 7 heteroatoms. The summed E-state index contributed by atoms with van der Waals surface area (Å²) in [5, 5.41) is 7.21. The maximum absolute atomic E-state index is 5.74. The molecule has 1 aromatic rings. The van der Waals surface area contributed by atoms with Crippen LogP contribution in [-0.4, -0.2) is 72.6 Å². The van der Waals surface area contributed by atoms with Crippen LogP contribution in [0.15, 0.2) is 9.41 Å². The van der Waals surface area contributed by atoms with E-state index >= 15 is 0 Å². The van der Waals surface area contributed by atoms with Gasteiger partial charge in [-0.25, -0.2) is 4.98 Å². The average Bonchev–Trinajstić information content (AvgIpc) is 3.03. The largest absolute Gasteiger partial charge is 0.444 e. The van der Waals surface area contributed by atoms with Gasteiger partial charge in [-0.1, -0.05) is 0 Å². The van der Waals surface area contributed by atoms with E-state index in [2.05, 4.69) is 44.3 Å². The molecule has 7 nitrogen and oxygen atoms in total. The Labute approximate surface area is 176 Å². The van der Waals surface area contributed by atoms with Crippen molar-refractivity contribution in [1.29, 1.82) is 0 Å². The van der Waals surface area contributed by atoms with Gasteiger partial charge in [0.25, 0.3) is 0 Å². The van der Waals surface area contributed by atoms with E-state index in [4.69, 9.17) is 4.42 Å². The molecule has 2 fully saturated rings. The SMILES string of the molecule is CN=C(NCC1CCN(Cc2nc(C)c(C)o2)CC1)NC1CCN(C(C)C)CC1. The van der Waals surface area contributed by atoms with Gasteiger partial charge in [0.2, 0.25) is 5.89 Å². The molecule has 2 saturated heterocycles. The van der Waals surface area contributed by atoms with Crippen LogP contribution in [0.25, 0.3) is 0 Å². The van der Waals surface area contributed by atoms with E-state index in [1.165, 1.54) is 38.8 Å². The van der Waals surface area contributed by atoms with Gasteiger partial charge in [0.05, 0.1) is 12.2 Å². The van der Waals surface area contributed by atoms with Gasteiger partial charge in [-0.3, -0.25) is 9.89 Å². The van der Waals surface area contributed by atoms with Crippen LogP contribution in [0.4, 0.5) is 0 Å². The Kier molecular flexibility index (Phi) is 7.95. The van der Waals surface area contributed by atoms with Crippen molar-refractivity contribution in [3.8, 4) is 0 Å². The molecule has 3 heterocycles. The van der Waals surface area contributed by atoms with E-state index in [0.717, 1.165) is 49.5 Å². The first-order chi connectivity index (χ1) is 13.9. The molecule has 2 aliphatic rings. The lowest BCUT2D eigenvalue weighted by Gasteiger charge is -2.35. The zero-order valence-corrected chi connectivity index (χ0v) is 19.0. The number of nitrogens with zero attached hydrogens (tertiary/aromatic N) is 4. The molecule has 0 amide bonds. The van der Waals surface area contributed by atoms with E-state index in [-0.39, 0.29) is 0 Å². The van der Waals surface area contributed by atoms with Crippen molar-refractivity contribution in [1.82, 2.24) is 25.4 Å². The van der Waals surface area contributed by atoms with Crippen molar-refractivity contribution in [3.05, 3.63) is 17.3 Å². The van der Waals surface area contributed by atoms with Gasteiger partial charge in [-0.2, -0.15) is 0 Å². The molecule has 1 aromatic heterocycles. The van der Waals surface area contributed by atoms with Crippen molar-refractivity contribution < 1.29 is 4.42 Å². The van der Waals surface area contributed by atoms with Crippen LogP contribution in [-0.2, 0) is 6.54 Å². The summed E-state index contributed by atoms with van der Waals surface area (Å²) in [7, 11) is 1.88. The van der Waals surface area contributed by atoms with Gasteiger partial charge < -0.3 is 20.0 Å². The fraction of sp³-hybridized carbons (Fsp3) is 0.818. The molecule has 0 bridgehead atoms. The molecule has 164 valence electrons. The Balaban J connectivity index is 1.34. The molecule has 0 aromatic carbocycles. The van der Waals surface area contributed by atoms with Crippen molar-refractivity contribution in [3.63, 3.8) is 0 Å². The van der Waals surface area contributed by atoms with Gasteiger partial charge in [-0.15, -0.1) is 0 Å². The highest BCUT2D eigenvalue weighted by molar-refractivity contribution is 5.79. The van der Waals surface area contributed by atoms with Gasteiger partial charge in [0, 0.05) is 38.8 Å². The average molecular weight is 405 g/mol. The standard InChI is InChI=1S/C22H40N6O/c1-16(2)28-12-8-20(9-13-28)26-22(23-5)24-14-19-6-10-27(11-7-19)15-21-25-17(3)18(4)29-21/h16,19-20H,6-15H2,1-5H3,(H2,23,24,26). The lowest BCUT2D eigenvalue weighted by atomic mass is 9.97. The fourth-order valence-corrected chi connectivity index (χ4v) is 4.34. The monoisotopic (exact) mass is 404 g/mol. The van der Waals surface area contributed by atoms with Crippen LogP contribution in [0.3, 0.4) is 0 Å². The van der Waals surface area contributed by atoms with E-state index in [1.807, 2.05) is 20.9 Å². The highest BCUT2D eigenvalue weighted by Crippen LogP contribution is 2.19. The summed E-state index contributed by atoms with van der Waals surface area (Å²) in [6, 6.07) is 1.18. The smallest absolute Gasteiger partial charge is 0.208 e. The summed E-state index contributed by atoms with van der Waals surface area (Å²) in [6.07, 6.45) is 4.79. The first-order valence-electron chi connectivity index (χ1n) is 11.3. The number of hydrogen-bond acceptors (Lipinski definition) is 5. The predicted octanol–water partition coefficient (Wildman–Crippen LogP) is 2.54. The molecule has 29 heavy (non-hydrogen) atoms. The Bertz CT molecular complexity index is 635. The molecule has 2 N–H and O–H groups in total. The number of hydrogen-bond donors (Lipinski definition) is 2. The molecule has 0 saturated carbocycles. The summed E-state index contributed by atoms with van der Waals surface area (Å²) in [6.45, 7) is 14.9. The lowest BCUT2D eigenvalue weighted by molar-refractivity contribution is 0.162. The van der Waals surface area contributed by atoms with Crippen LogP contribution in [0.1, 0.15) is 56.9 Å². The summed E-state index contributed by atoms with van der Waals surface area (Å²) in [5.41, 5.74) is 1.01. The van der Waals surface area contributed by atoms with Crippen LogP contribution >= 0.6 is 0 Å². The fourth-order valence-electron chi connectivity index (χ4n) is 4.34. The van der Waals surface area contributed by atoms with Crippen molar-refractivity contribution in [2.75, 3.05) is 39.8 Å². The maximum atomic E-state index is 5.74. The Morgan fingerprint density at radius 2 is 1.83 bits per heavy atom. The zero-order chi connectivity index (χ0) is 20.8. The van der Waals surface area contributed by atoms with Gasteiger partial charge >= 0.3 is 0 Å². The van der Waals surface area contributed by atoms with Crippen LogP contribution in [0.5, 0.6) is 0 Å². The number of piperidine rings is 2. The van der Waals surface area contributed by atoms with Gasteiger partial charge in [0.1, 0.15) is 5.76 Å². The highest BCUT2D eigenvalue weighted by atomic mass is 16.4.